The van der Waals surface area contributed by atoms with Crippen molar-refractivity contribution in [2.45, 2.75) is 77.5 Å². The molecule has 2 aliphatic heterocycles. The summed E-state index contributed by atoms with van der Waals surface area (Å²) in [5, 5.41) is 0. The summed E-state index contributed by atoms with van der Waals surface area (Å²) in [5.41, 5.74) is -3.27. The van der Waals surface area contributed by atoms with Crippen molar-refractivity contribution in [2.75, 3.05) is 6.54 Å². The molecule has 1 saturated heterocycles. The summed E-state index contributed by atoms with van der Waals surface area (Å²) in [6, 6.07) is 4.31. The molecule has 3 aliphatic rings. The number of amides is 1. The second-order valence-corrected chi connectivity index (χ2v) is 12.6. The van der Waals surface area contributed by atoms with E-state index in [1.165, 1.54) is 6.92 Å². The summed E-state index contributed by atoms with van der Waals surface area (Å²) in [4.78, 5) is 15.3. The van der Waals surface area contributed by atoms with Gasteiger partial charge in [0.05, 0.1) is 0 Å². The van der Waals surface area contributed by atoms with Crippen LogP contribution in [0.25, 0.3) is 0 Å². The van der Waals surface area contributed by atoms with Gasteiger partial charge in [0.25, 0.3) is 5.91 Å². The minimum Gasteiger partial charge on any atom is -0.335 e. The lowest BCUT2D eigenvalue weighted by atomic mass is 9.65. The molecule has 1 aromatic carbocycles. The van der Waals surface area contributed by atoms with Crippen LogP contribution in [0, 0.1) is 10.8 Å². The maximum Gasteiger partial charge on any atom is 0.511 e. The molecule has 3 atom stereocenters. The first-order valence-corrected chi connectivity index (χ1v) is 12.1. The van der Waals surface area contributed by atoms with Crippen molar-refractivity contribution in [1.82, 2.24) is 9.21 Å². The smallest absolute Gasteiger partial charge is 0.335 e. The van der Waals surface area contributed by atoms with Gasteiger partial charge in [-0.05, 0) is 66.7 Å². The van der Waals surface area contributed by atoms with E-state index in [0.29, 0.717) is 22.0 Å². The molecule has 0 spiro atoms. The zero-order valence-corrected chi connectivity index (χ0v) is 19.1. The summed E-state index contributed by atoms with van der Waals surface area (Å²) in [6.45, 7) is 8.56. The number of carbonyl (C=O) groups is 1. The zero-order valence-electron chi connectivity index (χ0n) is 18.3. The van der Waals surface area contributed by atoms with Gasteiger partial charge in [0.1, 0.15) is 0 Å². The van der Waals surface area contributed by atoms with Crippen LogP contribution >= 0.6 is 0 Å². The van der Waals surface area contributed by atoms with Gasteiger partial charge in [-0.1, -0.05) is 26.8 Å². The monoisotopic (exact) mass is 458 g/mol. The maximum absolute atomic E-state index is 13.3. The van der Waals surface area contributed by atoms with Gasteiger partial charge in [-0.3, -0.25) is 4.79 Å². The summed E-state index contributed by atoms with van der Waals surface area (Å²) in [5.74, 6) is -0.0489. The molecule has 1 aliphatic carbocycles. The molecule has 1 saturated carbocycles. The highest BCUT2D eigenvalue weighted by Crippen LogP contribution is 2.52. The average Bonchev–Trinajstić information content (AvgIpc) is 2.87. The third-order valence-corrected chi connectivity index (χ3v) is 8.75. The maximum atomic E-state index is 13.3. The number of fused-ring (bicyclic) bond motifs is 3. The van der Waals surface area contributed by atoms with E-state index in [1.54, 1.807) is 18.2 Å². The molecule has 9 heteroatoms. The van der Waals surface area contributed by atoms with Crippen LogP contribution in [0.2, 0.25) is 0 Å². The number of hydrogen-bond donors (Lipinski definition) is 0. The third kappa shape index (κ3) is 3.88. The molecule has 2 heterocycles. The minimum atomic E-state index is -5.40. The Bertz CT molecular complexity index is 1020. The first-order valence-electron chi connectivity index (χ1n) is 10.6. The van der Waals surface area contributed by atoms with Gasteiger partial charge in [0.15, 0.2) is 0 Å². The van der Waals surface area contributed by atoms with Gasteiger partial charge in [-0.15, -0.1) is 0 Å². The molecule has 4 rings (SSSR count). The van der Waals surface area contributed by atoms with Crippen molar-refractivity contribution in [2.24, 2.45) is 10.8 Å². The molecule has 0 aromatic heterocycles. The van der Waals surface area contributed by atoms with E-state index in [0.717, 1.165) is 24.8 Å². The van der Waals surface area contributed by atoms with Crippen molar-refractivity contribution in [3.63, 3.8) is 0 Å². The molecular weight excluding hydrogens is 429 g/mol. The summed E-state index contributed by atoms with van der Waals surface area (Å²) >= 11 is 0. The van der Waals surface area contributed by atoms with Crippen molar-refractivity contribution >= 4 is 15.9 Å². The van der Waals surface area contributed by atoms with Gasteiger partial charge >= 0.3 is 15.5 Å². The van der Waals surface area contributed by atoms with Crippen LogP contribution in [0.5, 0.6) is 0 Å². The molecule has 3 unspecified atom stereocenters. The lowest BCUT2D eigenvalue weighted by Crippen LogP contribution is -2.48. The Morgan fingerprint density at radius 3 is 2.45 bits per heavy atom. The van der Waals surface area contributed by atoms with Crippen molar-refractivity contribution in [1.29, 1.82) is 0 Å². The largest absolute Gasteiger partial charge is 0.511 e. The summed E-state index contributed by atoms with van der Waals surface area (Å²) in [6.07, 6.45) is 3.17. The van der Waals surface area contributed by atoms with Crippen LogP contribution in [0.3, 0.4) is 0 Å². The van der Waals surface area contributed by atoms with Crippen molar-refractivity contribution < 1.29 is 26.4 Å². The first-order chi connectivity index (χ1) is 14.1. The van der Waals surface area contributed by atoms with Crippen LogP contribution < -0.4 is 0 Å². The highest BCUT2D eigenvalue weighted by Gasteiger charge is 2.53. The molecule has 0 N–H and O–H groups in total. The third-order valence-electron chi connectivity index (χ3n) is 7.06. The Morgan fingerprint density at radius 2 is 1.81 bits per heavy atom. The molecule has 31 heavy (non-hydrogen) atoms. The van der Waals surface area contributed by atoms with Gasteiger partial charge in [0.2, 0.25) is 0 Å². The number of rotatable bonds is 2. The quantitative estimate of drug-likeness (QED) is 0.663. The van der Waals surface area contributed by atoms with Gasteiger partial charge in [-0.2, -0.15) is 17.5 Å². The molecule has 2 bridgehead atoms. The molecule has 1 amide bonds. The van der Waals surface area contributed by atoms with E-state index >= 15 is 0 Å². The van der Waals surface area contributed by atoms with Crippen LogP contribution in [-0.4, -0.2) is 47.7 Å². The van der Waals surface area contributed by atoms with Gasteiger partial charge < -0.3 is 4.90 Å². The van der Waals surface area contributed by atoms with E-state index < -0.39 is 21.6 Å². The molecule has 0 radical (unpaired) electrons. The van der Waals surface area contributed by atoms with E-state index in [2.05, 4.69) is 20.8 Å². The number of hydrogen-bond acceptors (Lipinski definition) is 3. The fourth-order valence-corrected chi connectivity index (χ4v) is 7.29. The number of halogens is 3. The van der Waals surface area contributed by atoms with Crippen molar-refractivity contribution in [3.8, 4) is 0 Å². The summed E-state index contributed by atoms with van der Waals surface area (Å²) < 4.78 is 63.4. The normalized spacial score (nSPS) is 30.9. The fourth-order valence-electron chi connectivity index (χ4n) is 6.17. The Balaban J connectivity index is 1.58. The number of likely N-dealkylation sites (tertiary alicyclic amines) is 1. The second kappa shape index (κ2) is 6.94. The molecule has 172 valence electrons. The SMILES string of the molecule is CC1Cc2cc(C(=O)N3CC4(C)CC3CC(C)(C)C4)ccc2CN1S(=O)(=O)C(F)(F)F. The lowest BCUT2D eigenvalue weighted by Gasteiger charge is -2.39. The predicted molar refractivity (Wildman–Crippen MR) is 111 cm³/mol. The molecule has 2 fully saturated rings. The summed E-state index contributed by atoms with van der Waals surface area (Å²) in [7, 11) is -5.40. The zero-order chi connectivity index (χ0) is 23.0. The fraction of sp³-hybridized carbons (Fsp3) is 0.682. The minimum absolute atomic E-state index is 0.0489. The highest BCUT2D eigenvalue weighted by molar-refractivity contribution is 7.90. The van der Waals surface area contributed by atoms with E-state index in [4.69, 9.17) is 0 Å². The van der Waals surface area contributed by atoms with Crippen molar-refractivity contribution in [3.05, 3.63) is 34.9 Å². The van der Waals surface area contributed by atoms with Crippen LogP contribution in [0.4, 0.5) is 13.2 Å². The van der Waals surface area contributed by atoms with Gasteiger partial charge in [0, 0.05) is 30.7 Å². The Kier molecular flexibility index (Phi) is 5.06. The number of alkyl halides is 3. The van der Waals surface area contributed by atoms with Crippen LogP contribution in [0.1, 0.15) is 68.4 Å². The Labute approximate surface area is 181 Å². The topological polar surface area (TPSA) is 57.7 Å². The predicted octanol–water partition coefficient (Wildman–Crippen LogP) is 4.32. The lowest BCUT2D eigenvalue weighted by molar-refractivity contribution is -0.0504. The molecule has 5 nitrogen and oxygen atoms in total. The van der Waals surface area contributed by atoms with Crippen LogP contribution in [0.15, 0.2) is 18.2 Å². The number of carbonyl (C=O) groups excluding carboxylic acids is 1. The molecule has 1 aromatic rings. The average molecular weight is 459 g/mol. The standard InChI is InChI=1S/C22H29F3N2O3S/c1-14-7-17-8-15(5-6-16(17)11-27(14)31(29,30)22(23,24)25)19(28)26-13-21(4)10-18(26)9-20(2,3)12-21/h5-6,8,14,18H,7,9-13H2,1-4H3. The van der Waals surface area contributed by atoms with E-state index in [1.807, 2.05) is 4.90 Å². The number of sulfonamides is 1. The highest BCUT2D eigenvalue weighted by atomic mass is 32.2. The van der Waals surface area contributed by atoms with E-state index in [9.17, 15) is 26.4 Å². The van der Waals surface area contributed by atoms with E-state index in [-0.39, 0.29) is 35.7 Å². The number of benzene rings is 1. The Morgan fingerprint density at radius 1 is 1.13 bits per heavy atom. The second-order valence-electron chi connectivity index (χ2n) is 10.7. The molecular formula is C22H29F3N2O3S. The Hall–Kier alpha value is -1.61. The number of nitrogens with zero attached hydrogens (tertiary/aromatic N) is 2. The van der Waals surface area contributed by atoms with Gasteiger partial charge in [-0.25, -0.2) is 8.42 Å². The first kappa shape index (κ1) is 22.6. The van der Waals surface area contributed by atoms with Crippen LogP contribution in [-0.2, 0) is 23.0 Å².